The van der Waals surface area contributed by atoms with Gasteiger partial charge in [0.15, 0.2) is 0 Å². The van der Waals surface area contributed by atoms with Crippen LogP contribution in [0, 0.1) is 0 Å². The molecule has 1 fully saturated rings. The predicted octanol–water partition coefficient (Wildman–Crippen LogP) is 6.00. The fourth-order valence-corrected chi connectivity index (χ4v) is 4.25. The van der Waals surface area contributed by atoms with Crippen molar-refractivity contribution >= 4 is 11.4 Å². The number of nitrogens with one attached hydrogen (secondary N) is 1. The fourth-order valence-electron chi connectivity index (χ4n) is 4.25. The molecule has 3 aromatic rings. The third kappa shape index (κ3) is 5.66. The Balaban J connectivity index is 1.67. The molecule has 0 unspecified atom stereocenters. The molecule has 0 radical (unpaired) electrons. The molecule has 33 heavy (non-hydrogen) atoms. The Morgan fingerprint density at radius 3 is 1.88 bits per heavy atom. The second kappa shape index (κ2) is 10.3. The monoisotopic (exact) mass is 457 g/mol. The van der Waals surface area contributed by atoms with Crippen LogP contribution in [0.25, 0.3) is 0 Å². The molecule has 1 heterocycles. The van der Waals surface area contributed by atoms with Crippen molar-refractivity contribution < 1.29 is 17.6 Å². The minimum atomic E-state index is -4.49. The maximum absolute atomic E-state index is 13.9. The van der Waals surface area contributed by atoms with Gasteiger partial charge in [0.25, 0.3) is 0 Å². The highest BCUT2D eigenvalue weighted by Gasteiger charge is 2.35. The number of rotatable bonds is 7. The minimum absolute atomic E-state index is 0.0453. The highest BCUT2D eigenvalue weighted by molar-refractivity contribution is 5.65. The standard InChI is InChI=1S/C26H27F4N3/c27-13-14-32-15-17-33(18-16-32)22-11-12-23(26(28,29)30)24(19-22)31-25(20-7-3-1-4-8-20)21-9-5-2-6-10-21/h1-12,19,25,31H,13-18H2. The zero-order valence-electron chi connectivity index (χ0n) is 18.2. The van der Waals surface area contributed by atoms with E-state index in [1.54, 1.807) is 6.07 Å². The molecule has 1 saturated heterocycles. The number of piperazine rings is 1. The number of hydrogen-bond acceptors (Lipinski definition) is 3. The van der Waals surface area contributed by atoms with Crippen LogP contribution < -0.4 is 10.2 Å². The van der Waals surface area contributed by atoms with Gasteiger partial charge < -0.3 is 10.2 Å². The summed E-state index contributed by atoms with van der Waals surface area (Å²) in [5, 5.41) is 3.19. The van der Waals surface area contributed by atoms with Crippen molar-refractivity contribution in [3.05, 3.63) is 95.6 Å². The Hall–Kier alpha value is -3.06. The first-order chi connectivity index (χ1) is 16.0. The van der Waals surface area contributed by atoms with Gasteiger partial charge in [-0.25, -0.2) is 4.39 Å². The molecule has 0 bridgehead atoms. The average molecular weight is 458 g/mol. The summed E-state index contributed by atoms with van der Waals surface area (Å²) in [6.07, 6.45) is -4.49. The molecule has 0 spiro atoms. The van der Waals surface area contributed by atoms with Crippen LogP contribution in [-0.4, -0.2) is 44.3 Å². The van der Waals surface area contributed by atoms with Crippen LogP contribution in [0.4, 0.5) is 28.9 Å². The molecule has 7 heteroatoms. The van der Waals surface area contributed by atoms with Crippen LogP contribution in [0.2, 0.25) is 0 Å². The number of halogens is 4. The van der Waals surface area contributed by atoms with E-state index in [0.717, 1.165) is 22.9 Å². The first-order valence-corrected chi connectivity index (χ1v) is 11.1. The summed E-state index contributed by atoms with van der Waals surface area (Å²) in [5.74, 6) is 0. The number of anilines is 2. The third-order valence-electron chi connectivity index (χ3n) is 6.01. The van der Waals surface area contributed by atoms with Crippen LogP contribution in [0.3, 0.4) is 0 Å². The van der Waals surface area contributed by atoms with Gasteiger partial charge in [0.2, 0.25) is 0 Å². The quantitative estimate of drug-likeness (QED) is 0.439. The summed E-state index contributed by atoms with van der Waals surface area (Å²) in [6.45, 7) is 2.66. The van der Waals surface area contributed by atoms with E-state index in [4.69, 9.17) is 0 Å². The van der Waals surface area contributed by atoms with Gasteiger partial charge in [0, 0.05) is 44.1 Å². The molecule has 0 aliphatic carbocycles. The van der Waals surface area contributed by atoms with E-state index in [1.807, 2.05) is 65.6 Å². The van der Waals surface area contributed by atoms with E-state index in [1.165, 1.54) is 6.07 Å². The zero-order chi connectivity index (χ0) is 23.3. The van der Waals surface area contributed by atoms with Crippen molar-refractivity contribution in [1.29, 1.82) is 0 Å². The van der Waals surface area contributed by atoms with Crippen LogP contribution in [-0.2, 0) is 6.18 Å². The molecule has 0 amide bonds. The number of hydrogen-bond donors (Lipinski definition) is 1. The Kier molecular flexibility index (Phi) is 7.18. The Bertz CT molecular complexity index is 977. The van der Waals surface area contributed by atoms with Gasteiger partial charge in [0.1, 0.15) is 6.67 Å². The van der Waals surface area contributed by atoms with Crippen molar-refractivity contribution in [2.75, 3.05) is 49.6 Å². The molecule has 1 aliphatic rings. The number of alkyl halides is 4. The molecule has 0 saturated carbocycles. The highest BCUT2D eigenvalue weighted by Crippen LogP contribution is 2.39. The molecule has 174 valence electrons. The molecule has 3 aromatic carbocycles. The van der Waals surface area contributed by atoms with E-state index in [2.05, 4.69) is 10.2 Å². The summed E-state index contributed by atoms with van der Waals surface area (Å²) in [5.41, 5.74) is 1.83. The lowest BCUT2D eigenvalue weighted by atomic mass is 9.97. The smallest absolute Gasteiger partial charge is 0.374 e. The van der Waals surface area contributed by atoms with Crippen LogP contribution >= 0.6 is 0 Å². The molecule has 3 nitrogen and oxygen atoms in total. The van der Waals surface area contributed by atoms with E-state index in [-0.39, 0.29) is 5.69 Å². The molecular weight excluding hydrogens is 430 g/mol. The summed E-state index contributed by atoms with van der Waals surface area (Å²) in [6, 6.07) is 22.8. The Labute approximate surface area is 191 Å². The van der Waals surface area contributed by atoms with Crippen LogP contribution in [0.5, 0.6) is 0 Å². The van der Waals surface area contributed by atoms with Crippen molar-refractivity contribution in [3.63, 3.8) is 0 Å². The summed E-state index contributed by atoms with van der Waals surface area (Å²) >= 11 is 0. The molecular formula is C26H27F4N3. The van der Waals surface area contributed by atoms with Crippen molar-refractivity contribution in [2.45, 2.75) is 12.2 Å². The topological polar surface area (TPSA) is 18.5 Å². The van der Waals surface area contributed by atoms with E-state index in [9.17, 15) is 17.6 Å². The zero-order valence-corrected chi connectivity index (χ0v) is 18.2. The molecule has 1 N–H and O–H groups in total. The predicted molar refractivity (Wildman–Crippen MR) is 124 cm³/mol. The van der Waals surface area contributed by atoms with Crippen molar-refractivity contribution in [2.24, 2.45) is 0 Å². The van der Waals surface area contributed by atoms with Gasteiger partial charge in [-0.15, -0.1) is 0 Å². The summed E-state index contributed by atoms with van der Waals surface area (Å²) in [7, 11) is 0. The van der Waals surface area contributed by atoms with E-state index in [0.29, 0.717) is 32.7 Å². The lowest BCUT2D eigenvalue weighted by Crippen LogP contribution is -2.47. The largest absolute Gasteiger partial charge is 0.418 e. The first kappa shape index (κ1) is 23.1. The number of nitrogens with zero attached hydrogens (tertiary/aromatic N) is 2. The van der Waals surface area contributed by atoms with Crippen molar-refractivity contribution in [3.8, 4) is 0 Å². The van der Waals surface area contributed by atoms with Gasteiger partial charge >= 0.3 is 6.18 Å². The second-order valence-corrected chi connectivity index (χ2v) is 8.14. The fraction of sp³-hybridized carbons (Fsp3) is 0.308. The maximum Gasteiger partial charge on any atom is 0.418 e. The lowest BCUT2D eigenvalue weighted by Gasteiger charge is -2.36. The van der Waals surface area contributed by atoms with Gasteiger partial charge in [0.05, 0.1) is 11.6 Å². The van der Waals surface area contributed by atoms with E-state index >= 15 is 0 Å². The highest BCUT2D eigenvalue weighted by atomic mass is 19.4. The molecule has 0 atom stereocenters. The SMILES string of the molecule is FCCN1CCN(c2ccc(C(F)(F)F)c(NC(c3ccccc3)c3ccccc3)c2)CC1. The average Bonchev–Trinajstić information content (AvgIpc) is 2.83. The summed E-state index contributed by atoms with van der Waals surface area (Å²) < 4.78 is 54.4. The van der Waals surface area contributed by atoms with Crippen molar-refractivity contribution in [1.82, 2.24) is 4.90 Å². The third-order valence-corrected chi connectivity index (χ3v) is 6.01. The van der Waals surface area contributed by atoms with Crippen LogP contribution in [0.15, 0.2) is 78.9 Å². The first-order valence-electron chi connectivity index (χ1n) is 11.1. The maximum atomic E-state index is 13.9. The van der Waals surface area contributed by atoms with Gasteiger partial charge in [-0.05, 0) is 29.3 Å². The molecule has 4 rings (SSSR count). The van der Waals surface area contributed by atoms with Gasteiger partial charge in [-0.2, -0.15) is 13.2 Å². The lowest BCUT2D eigenvalue weighted by molar-refractivity contribution is -0.137. The Morgan fingerprint density at radius 1 is 0.788 bits per heavy atom. The Morgan fingerprint density at radius 2 is 1.36 bits per heavy atom. The van der Waals surface area contributed by atoms with Gasteiger partial charge in [-0.1, -0.05) is 60.7 Å². The van der Waals surface area contributed by atoms with Crippen LogP contribution in [0.1, 0.15) is 22.7 Å². The minimum Gasteiger partial charge on any atom is -0.374 e. The molecule has 1 aliphatic heterocycles. The van der Waals surface area contributed by atoms with Gasteiger partial charge in [-0.3, -0.25) is 4.90 Å². The summed E-state index contributed by atoms with van der Waals surface area (Å²) in [4.78, 5) is 4.08. The van der Waals surface area contributed by atoms with E-state index < -0.39 is 24.5 Å². The normalized spacial score (nSPS) is 15.1. The molecule has 0 aromatic heterocycles. The number of benzene rings is 3. The second-order valence-electron chi connectivity index (χ2n) is 8.14.